The highest BCUT2D eigenvalue weighted by atomic mass is 16.5. The van der Waals surface area contributed by atoms with Crippen molar-refractivity contribution in [2.24, 2.45) is 5.92 Å². The largest absolute Gasteiger partial charge is 0.361 e. The van der Waals surface area contributed by atoms with E-state index in [0.29, 0.717) is 18.1 Å². The number of aryl methyl sites for hydroxylation is 1. The van der Waals surface area contributed by atoms with E-state index in [9.17, 15) is 9.59 Å². The number of aromatic nitrogens is 2. The Labute approximate surface area is 94.1 Å². The minimum atomic E-state index is -0.430. The Kier molecular flexibility index (Phi) is 4.49. The SMILES string of the molecule is Cc1cn(COCCC(C)C)c(=O)[nH]c1=O. The van der Waals surface area contributed by atoms with Gasteiger partial charge in [-0.1, -0.05) is 13.8 Å². The van der Waals surface area contributed by atoms with E-state index in [-0.39, 0.29) is 12.3 Å². The van der Waals surface area contributed by atoms with Crippen molar-refractivity contribution in [2.75, 3.05) is 6.61 Å². The lowest BCUT2D eigenvalue weighted by Gasteiger charge is -2.08. The topological polar surface area (TPSA) is 64.1 Å². The second kappa shape index (κ2) is 5.65. The number of nitrogens with zero attached hydrogens (tertiary/aromatic N) is 1. The average Bonchev–Trinajstić information content (AvgIpc) is 2.19. The van der Waals surface area contributed by atoms with Gasteiger partial charge in [0.15, 0.2) is 0 Å². The summed E-state index contributed by atoms with van der Waals surface area (Å²) >= 11 is 0. The molecule has 16 heavy (non-hydrogen) atoms. The molecule has 0 unspecified atom stereocenters. The van der Waals surface area contributed by atoms with Crippen molar-refractivity contribution >= 4 is 0 Å². The van der Waals surface area contributed by atoms with Crippen molar-refractivity contribution in [3.05, 3.63) is 32.6 Å². The van der Waals surface area contributed by atoms with Crippen molar-refractivity contribution < 1.29 is 4.74 Å². The molecule has 0 spiro atoms. The van der Waals surface area contributed by atoms with Gasteiger partial charge < -0.3 is 4.74 Å². The maximum absolute atomic E-state index is 11.3. The third-order valence-electron chi connectivity index (χ3n) is 2.26. The highest BCUT2D eigenvalue weighted by Gasteiger charge is 2.00. The Balaban J connectivity index is 2.58. The van der Waals surface area contributed by atoms with E-state index in [1.54, 1.807) is 6.92 Å². The number of nitrogens with one attached hydrogen (secondary N) is 1. The zero-order valence-electron chi connectivity index (χ0n) is 9.95. The summed E-state index contributed by atoms with van der Waals surface area (Å²) in [6.45, 7) is 6.67. The molecule has 5 nitrogen and oxygen atoms in total. The number of rotatable bonds is 5. The van der Waals surface area contributed by atoms with Crippen LogP contribution in [0.2, 0.25) is 0 Å². The molecule has 1 aromatic heterocycles. The minimum Gasteiger partial charge on any atom is -0.361 e. The lowest BCUT2D eigenvalue weighted by Crippen LogP contribution is -2.31. The average molecular weight is 226 g/mol. The molecular formula is C11H18N2O3. The van der Waals surface area contributed by atoms with Crippen LogP contribution in [0.3, 0.4) is 0 Å². The lowest BCUT2D eigenvalue weighted by atomic mass is 10.1. The van der Waals surface area contributed by atoms with Crippen LogP contribution in [0.1, 0.15) is 25.8 Å². The summed E-state index contributed by atoms with van der Waals surface area (Å²) in [5, 5.41) is 0. The van der Waals surface area contributed by atoms with Crippen molar-refractivity contribution in [1.82, 2.24) is 9.55 Å². The number of H-pyrrole nitrogens is 1. The Hall–Kier alpha value is -1.36. The number of ether oxygens (including phenoxy) is 1. The van der Waals surface area contributed by atoms with Gasteiger partial charge in [-0.2, -0.15) is 0 Å². The first-order valence-electron chi connectivity index (χ1n) is 5.39. The first-order chi connectivity index (χ1) is 7.50. The smallest absolute Gasteiger partial charge is 0.330 e. The highest BCUT2D eigenvalue weighted by Crippen LogP contribution is 1.99. The standard InChI is InChI=1S/C11H18N2O3/c1-8(2)4-5-16-7-13-6-9(3)10(14)12-11(13)15/h6,8H,4-5,7H2,1-3H3,(H,12,14,15). The second-order valence-corrected chi connectivity index (χ2v) is 4.26. The van der Waals surface area contributed by atoms with Gasteiger partial charge >= 0.3 is 5.69 Å². The van der Waals surface area contributed by atoms with Gasteiger partial charge in [-0.05, 0) is 19.3 Å². The summed E-state index contributed by atoms with van der Waals surface area (Å²) in [7, 11) is 0. The predicted molar refractivity (Wildman–Crippen MR) is 61.5 cm³/mol. The van der Waals surface area contributed by atoms with Crippen LogP contribution in [0.5, 0.6) is 0 Å². The quantitative estimate of drug-likeness (QED) is 0.757. The molecular weight excluding hydrogens is 208 g/mol. The molecule has 0 atom stereocenters. The molecule has 0 fully saturated rings. The summed E-state index contributed by atoms with van der Waals surface area (Å²) in [6.07, 6.45) is 2.47. The van der Waals surface area contributed by atoms with Gasteiger partial charge in [0, 0.05) is 18.4 Å². The van der Waals surface area contributed by atoms with E-state index in [1.165, 1.54) is 10.8 Å². The fourth-order valence-electron chi connectivity index (χ4n) is 1.20. The molecule has 1 rings (SSSR count). The van der Waals surface area contributed by atoms with Crippen LogP contribution in [-0.2, 0) is 11.5 Å². The van der Waals surface area contributed by atoms with Crippen molar-refractivity contribution in [1.29, 1.82) is 0 Å². The summed E-state index contributed by atoms with van der Waals surface area (Å²) in [6, 6.07) is 0. The van der Waals surface area contributed by atoms with E-state index in [4.69, 9.17) is 4.74 Å². The van der Waals surface area contributed by atoms with Crippen LogP contribution in [0.15, 0.2) is 15.8 Å². The van der Waals surface area contributed by atoms with E-state index < -0.39 is 5.69 Å². The molecule has 1 heterocycles. The third kappa shape index (κ3) is 3.66. The molecule has 0 saturated carbocycles. The molecule has 0 aliphatic heterocycles. The molecule has 0 aliphatic rings. The van der Waals surface area contributed by atoms with Gasteiger partial charge in [-0.15, -0.1) is 0 Å². The molecule has 5 heteroatoms. The highest BCUT2D eigenvalue weighted by molar-refractivity contribution is 5.00. The van der Waals surface area contributed by atoms with E-state index in [0.717, 1.165) is 6.42 Å². The summed E-state index contributed by atoms with van der Waals surface area (Å²) in [5.74, 6) is 0.578. The van der Waals surface area contributed by atoms with Crippen molar-refractivity contribution in [3.8, 4) is 0 Å². The fraction of sp³-hybridized carbons (Fsp3) is 0.636. The first kappa shape index (κ1) is 12.7. The number of hydrogen-bond acceptors (Lipinski definition) is 3. The van der Waals surface area contributed by atoms with Gasteiger partial charge in [0.25, 0.3) is 5.56 Å². The molecule has 0 amide bonds. The summed E-state index contributed by atoms with van der Waals surface area (Å²) in [4.78, 5) is 24.7. The first-order valence-corrected chi connectivity index (χ1v) is 5.39. The Bertz CT molecular complexity index is 445. The van der Waals surface area contributed by atoms with Gasteiger partial charge in [0.05, 0.1) is 0 Å². The Morgan fingerprint density at radius 1 is 1.44 bits per heavy atom. The molecule has 0 saturated heterocycles. The van der Waals surface area contributed by atoms with Gasteiger partial charge in [0.1, 0.15) is 6.73 Å². The van der Waals surface area contributed by atoms with Crippen molar-refractivity contribution in [2.45, 2.75) is 33.9 Å². The number of hydrogen-bond donors (Lipinski definition) is 1. The maximum Gasteiger partial charge on any atom is 0.330 e. The molecule has 1 N–H and O–H groups in total. The fourth-order valence-corrected chi connectivity index (χ4v) is 1.20. The van der Waals surface area contributed by atoms with E-state index in [2.05, 4.69) is 18.8 Å². The van der Waals surface area contributed by atoms with Gasteiger partial charge in [0.2, 0.25) is 0 Å². The molecule has 90 valence electrons. The van der Waals surface area contributed by atoms with Crippen LogP contribution in [0, 0.1) is 12.8 Å². The van der Waals surface area contributed by atoms with Crippen LogP contribution >= 0.6 is 0 Å². The number of aromatic amines is 1. The summed E-state index contributed by atoms with van der Waals surface area (Å²) < 4.78 is 6.71. The van der Waals surface area contributed by atoms with Crippen LogP contribution < -0.4 is 11.2 Å². The molecule has 0 bridgehead atoms. The maximum atomic E-state index is 11.3. The molecule has 1 aromatic rings. The predicted octanol–water partition coefficient (Wildman–Crippen LogP) is 0.865. The third-order valence-corrected chi connectivity index (χ3v) is 2.26. The zero-order valence-corrected chi connectivity index (χ0v) is 9.95. The second-order valence-electron chi connectivity index (χ2n) is 4.26. The lowest BCUT2D eigenvalue weighted by molar-refractivity contribution is 0.0660. The van der Waals surface area contributed by atoms with Gasteiger partial charge in [-0.25, -0.2) is 4.79 Å². The van der Waals surface area contributed by atoms with Crippen LogP contribution in [0.25, 0.3) is 0 Å². The molecule has 0 aliphatic carbocycles. The minimum absolute atomic E-state index is 0.184. The molecule has 0 aromatic carbocycles. The van der Waals surface area contributed by atoms with Gasteiger partial charge in [-0.3, -0.25) is 14.3 Å². The Morgan fingerprint density at radius 2 is 2.12 bits per heavy atom. The van der Waals surface area contributed by atoms with E-state index >= 15 is 0 Å². The molecule has 0 radical (unpaired) electrons. The van der Waals surface area contributed by atoms with Crippen molar-refractivity contribution in [3.63, 3.8) is 0 Å². The summed E-state index contributed by atoms with van der Waals surface area (Å²) in [5.41, 5.74) is -0.268. The van der Waals surface area contributed by atoms with Crippen LogP contribution in [-0.4, -0.2) is 16.2 Å². The van der Waals surface area contributed by atoms with Crippen LogP contribution in [0.4, 0.5) is 0 Å². The monoisotopic (exact) mass is 226 g/mol. The normalized spacial score (nSPS) is 11.0. The van der Waals surface area contributed by atoms with E-state index in [1.807, 2.05) is 0 Å². The zero-order chi connectivity index (χ0) is 12.1. The Morgan fingerprint density at radius 3 is 2.75 bits per heavy atom.